The maximum absolute atomic E-state index is 12.1. The molecule has 0 bridgehead atoms. The lowest BCUT2D eigenvalue weighted by Gasteiger charge is -2.12. The van der Waals surface area contributed by atoms with E-state index in [1.807, 2.05) is 0 Å². The Labute approximate surface area is 131 Å². The number of nitrogens with one attached hydrogen (secondary N) is 2. The van der Waals surface area contributed by atoms with Gasteiger partial charge < -0.3 is 9.47 Å². The predicted octanol–water partition coefficient (Wildman–Crippen LogP) is 2.05. The average Bonchev–Trinajstić information content (AvgIpc) is 2.53. The zero-order valence-electron chi connectivity index (χ0n) is 13.2. The third-order valence-electron chi connectivity index (χ3n) is 3.00. The van der Waals surface area contributed by atoms with Crippen LogP contribution in [0, 0.1) is 0 Å². The van der Waals surface area contributed by atoms with E-state index in [0.29, 0.717) is 30.9 Å². The summed E-state index contributed by atoms with van der Waals surface area (Å²) < 4.78 is 10.4. The largest absolute Gasteiger partial charge is 0.490 e. The molecule has 0 atom stereocenters. The molecule has 0 radical (unpaired) electrons. The van der Waals surface area contributed by atoms with Gasteiger partial charge in [-0.15, -0.1) is 0 Å². The topological polar surface area (TPSA) is 76.7 Å². The van der Waals surface area contributed by atoms with Gasteiger partial charge in [-0.3, -0.25) is 20.4 Å². The first-order valence-corrected chi connectivity index (χ1v) is 7.49. The highest BCUT2D eigenvalue weighted by atomic mass is 16.5. The van der Waals surface area contributed by atoms with Crippen LogP contribution in [0.15, 0.2) is 24.3 Å². The van der Waals surface area contributed by atoms with Crippen LogP contribution in [0.5, 0.6) is 5.75 Å². The van der Waals surface area contributed by atoms with Crippen molar-refractivity contribution in [3.63, 3.8) is 0 Å². The molecule has 6 nitrogen and oxygen atoms in total. The number of carbonyl (C=O) groups excluding carboxylic acids is 2. The van der Waals surface area contributed by atoms with Crippen LogP contribution in [0.1, 0.15) is 43.0 Å². The third kappa shape index (κ3) is 6.58. The molecule has 1 aromatic carbocycles. The minimum atomic E-state index is -0.406. The van der Waals surface area contributed by atoms with E-state index < -0.39 is 5.91 Å². The van der Waals surface area contributed by atoms with Gasteiger partial charge in [0.2, 0.25) is 5.91 Å². The summed E-state index contributed by atoms with van der Waals surface area (Å²) in [6.45, 7) is 2.86. The summed E-state index contributed by atoms with van der Waals surface area (Å²) in [6, 6.07) is 6.86. The van der Waals surface area contributed by atoms with Crippen molar-refractivity contribution < 1.29 is 19.1 Å². The molecule has 0 saturated carbocycles. The van der Waals surface area contributed by atoms with Crippen molar-refractivity contribution in [1.82, 2.24) is 10.9 Å². The Kier molecular flexibility index (Phi) is 8.67. The second-order valence-electron chi connectivity index (χ2n) is 4.80. The zero-order valence-corrected chi connectivity index (χ0v) is 13.2. The number of hydrogen-bond donors (Lipinski definition) is 2. The molecule has 0 unspecified atom stereocenters. The van der Waals surface area contributed by atoms with Gasteiger partial charge in [0.15, 0.2) is 0 Å². The van der Waals surface area contributed by atoms with Crippen LogP contribution in [0.2, 0.25) is 0 Å². The monoisotopic (exact) mass is 308 g/mol. The van der Waals surface area contributed by atoms with Crippen LogP contribution in [0.4, 0.5) is 0 Å². The molecule has 0 aliphatic carbocycles. The fourth-order valence-electron chi connectivity index (χ4n) is 1.81. The zero-order chi connectivity index (χ0) is 16.2. The summed E-state index contributed by atoms with van der Waals surface area (Å²) in [5, 5.41) is 0. The smallest absolute Gasteiger partial charge is 0.273 e. The number of hydrogen-bond acceptors (Lipinski definition) is 4. The lowest BCUT2D eigenvalue weighted by Crippen LogP contribution is -2.41. The molecule has 1 rings (SSSR count). The van der Waals surface area contributed by atoms with E-state index in [4.69, 9.17) is 9.47 Å². The van der Waals surface area contributed by atoms with Gasteiger partial charge in [0.1, 0.15) is 12.4 Å². The Morgan fingerprint density at radius 2 is 1.86 bits per heavy atom. The van der Waals surface area contributed by atoms with E-state index in [1.165, 1.54) is 0 Å². The summed E-state index contributed by atoms with van der Waals surface area (Å²) >= 11 is 0. The molecule has 2 N–H and O–H groups in total. The maximum Gasteiger partial charge on any atom is 0.273 e. The van der Waals surface area contributed by atoms with E-state index in [-0.39, 0.29) is 5.91 Å². The molecule has 1 aromatic rings. The van der Waals surface area contributed by atoms with Gasteiger partial charge in [-0.1, -0.05) is 31.9 Å². The molecule has 0 saturated heterocycles. The van der Waals surface area contributed by atoms with E-state index in [9.17, 15) is 9.59 Å². The lowest BCUT2D eigenvalue weighted by molar-refractivity contribution is -0.121. The minimum absolute atomic E-state index is 0.195. The first kappa shape index (κ1) is 18.0. The van der Waals surface area contributed by atoms with Gasteiger partial charge in [-0.25, -0.2) is 0 Å². The fourth-order valence-corrected chi connectivity index (χ4v) is 1.81. The number of benzene rings is 1. The Hall–Kier alpha value is -2.08. The Morgan fingerprint density at radius 3 is 2.59 bits per heavy atom. The quantitative estimate of drug-likeness (QED) is 0.541. The van der Waals surface area contributed by atoms with Crippen LogP contribution in [-0.2, 0) is 9.53 Å². The van der Waals surface area contributed by atoms with Crippen molar-refractivity contribution in [2.75, 3.05) is 20.3 Å². The summed E-state index contributed by atoms with van der Waals surface area (Å²) in [5.41, 5.74) is 5.19. The molecule has 0 heterocycles. The molecular formula is C16H24N2O4. The second kappa shape index (κ2) is 10.6. The molecule has 0 fully saturated rings. The van der Waals surface area contributed by atoms with Crippen molar-refractivity contribution in [3.8, 4) is 5.75 Å². The maximum atomic E-state index is 12.1. The Balaban J connectivity index is 2.49. The van der Waals surface area contributed by atoms with Crippen molar-refractivity contribution in [1.29, 1.82) is 0 Å². The summed E-state index contributed by atoms with van der Waals surface area (Å²) in [5.74, 6) is -0.145. The van der Waals surface area contributed by atoms with Gasteiger partial charge in [0, 0.05) is 13.5 Å². The summed E-state index contributed by atoms with van der Waals surface area (Å²) in [7, 11) is 1.58. The summed E-state index contributed by atoms with van der Waals surface area (Å²) in [4.78, 5) is 23.7. The first-order chi connectivity index (χ1) is 10.7. The van der Waals surface area contributed by atoms with Crippen molar-refractivity contribution in [2.24, 2.45) is 0 Å². The molecule has 6 heteroatoms. The first-order valence-electron chi connectivity index (χ1n) is 7.49. The number of unbranched alkanes of at least 4 members (excludes halogenated alkanes) is 2. The molecule has 2 amide bonds. The number of amides is 2. The highest BCUT2D eigenvalue weighted by Gasteiger charge is 2.12. The lowest BCUT2D eigenvalue weighted by atomic mass is 10.2. The number of carbonyl (C=O) groups is 2. The highest BCUT2D eigenvalue weighted by molar-refractivity contribution is 5.97. The molecule has 0 aliphatic heterocycles. The Bertz CT molecular complexity index is 477. The second-order valence-corrected chi connectivity index (χ2v) is 4.80. The van der Waals surface area contributed by atoms with Crippen molar-refractivity contribution in [3.05, 3.63) is 29.8 Å². The summed E-state index contributed by atoms with van der Waals surface area (Å²) in [6.07, 6.45) is 3.26. The number of hydrazine groups is 1. The Morgan fingerprint density at radius 1 is 1.09 bits per heavy atom. The normalized spacial score (nSPS) is 10.1. The molecule has 0 aliphatic rings. The van der Waals surface area contributed by atoms with E-state index in [0.717, 1.165) is 19.3 Å². The van der Waals surface area contributed by atoms with Crippen LogP contribution in [0.3, 0.4) is 0 Å². The van der Waals surface area contributed by atoms with E-state index >= 15 is 0 Å². The molecular weight excluding hydrogens is 284 g/mol. The standard InChI is InChI=1S/C16H24N2O4/c1-3-4-5-10-15(19)17-18-16(20)13-8-6-7-9-14(13)22-12-11-21-2/h6-9H,3-5,10-12H2,1-2H3,(H,17,19)(H,18,20). The van der Waals surface area contributed by atoms with E-state index in [1.54, 1.807) is 31.4 Å². The molecule has 0 spiro atoms. The van der Waals surface area contributed by atoms with Gasteiger partial charge >= 0.3 is 0 Å². The molecule has 122 valence electrons. The number of rotatable bonds is 9. The third-order valence-corrected chi connectivity index (χ3v) is 3.00. The number of ether oxygens (including phenoxy) is 2. The average molecular weight is 308 g/mol. The van der Waals surface area contributed by atoms with Crippen LogP contribution in [-0.4, -0.2) is 32.1 Å². The predicted molar refractivity (Wildman–Crippen MR) is 83.6 cm³/mol. The minimum Gasteiger partial charge on any atom is -0.490 e. The number of para-hydroxylation sites is 1. The molecule has 22 heavy (non-hydrogen) atoms. The van der Waals surface area contributed by atoms with Gasteiger partial charge in [-0.2, -0.15) is 0 Å². The van der Waals surface area contributed by atoms with Crippen molar-refractivity contribution in [2.45, 2.75) is 32.6 Å². The van der Waals surface area contributed by atoms with Gasteiger partial charge in [0.25, 0.3) is 5.91 Å². The number of methoxy groups -OCH3 is 1. The van der Waals surface area contributed by atoms with Gasteiger partial charge in [-0.05, 0) is 18.6 Å². The SMILES string of the molecule is CCCCCC(=O)NNC(=O)c1ccccc1OCCOC. The fraction of sp³-hybridized carbons (Fsp3) is 0.500. The van der Waals surface area contributed by atoms with Crippen LogP contribution in [0.25, 0.3) is 0 Å². The molecule has 0 aromatic heterocycles. The van der Waals surface area contributed by atoms with Crippen molar-refractivity contribution >= 4 is 11.8 Å². The highest BCUT2D eigenvalue weighted by Crippen LogP contribution is 2.17. The van der Waals surface area contributed by atoms with E-state index in [2.05, 4.69) is 17.8 Å². The van der Waals surface area contributed by atoms with Crippen LogP contribution < -0.4 is 15.6 Å². The van der Waals surface area contributed by atoms with Crippen LogP contribution >= 0.6 is 0 Å². The van der Waals surface area contributed by atoms with Gasteiger partial charge in [0.05, 0.1) is 12.2 Å².